The Bertz CT molecular complexity index is 918. The molecule has 1 heterocycles. The summed E-state index contributed by atoms with van der Waals surface area (Å²) in [6, 6.07) is 22.4. The number of nitrogens with one attached hydrogen (secondary N) is 1. The van der Waals surface area contributed by atoms with Crippen LogP contribution in [0.5, 0.6) is 0 Å². The molecule has 0 unspecified atom stereocenters. The second-order valence-electron chi connectivity index (χ2n) is 8.69. The zero-order chi connectivity index (χ0) is 23.0. The minimum absolute atomic E-state index is 0.609. The zero-order valence-corrected chi connectivity index (χ0v) is 20.0. The highest BCUT2D eigenvalue weighted by Gasteiger charge is 1.99. The molecular formula is C29H38N4. The minimum atomic E-state index is 0.609. The summed E-state index contributed by atoms with van der Waals surface area (Å²) in [4.78, 5) is 4.15. The maximum atomic E-state index is 4.24. The third-order valence-electron chi connectivity index (χ3n) is 5.85. The molecule has 0 aliphatic carbocycles. The third kappa shape index (κ3) is 9.98. The van der Waals surface area contributed by atoms with E-state index in [-0.39, 0.29) is 0 Å². The Morgan fingerprint density at radius 3 is 1.85 bits per heavy atom. The lowest BCUT2D eigenvalue weighted by Crippen LogP contribution is -1.91. The van der Waals surface area contributed by atoms with Gasteiger partial charge in [-0.15, -0.1) is 10.2 Å². The third-order valence-corrected chi connectivity index (χ3v) is 5.85. The Morgan fingerprint density at radius 1 is 0.636 bits per heavy atom. The second kappa shape index (κ2) is 14.9. The van der Waals surface area contributed by atoms with Crippen LogP contribution in [0.25, 0.3) is 0 Å². The van der Waals surface area contributed by atoms with Gasteiger partial charge in [0.1, 0.15) is 0 Å². The molecule has 33 heavy (non-hydrogen) atoms. The van der Waals surface area contributed by atoms with Gasteiger partial charge >= 0.3 is 0 Å². The Balaban J connectivity index is 1.32. The maximum absolute atomic E-state index is 4.24. The fourth-order valence-corrected chi connectivity index (χ4v) is 3.87. The molecule has 2 aromatic carbocycles. The lowest BCUT2D eigenvalue weighted by atomic mass is 10.0. The number of azo groups is 1. The molecule has 0 bridgehead atoms. The van der Waals surface area contributed by atoms with Gasteiger partial charge in [-0.1, -0.05) is 82.9 Å². The van der Waals surface area contributed by atoms with E-state index in [0.717, 1.165) is 17.1 Å². The molecule has 0 fully saturated rings. The van der Waals surface area contributed by atoms with E-state index < -0.39 is 0 Å². The summed E-state index contributed by atoms with van der Waals surface area (Å²) >= 11 is 0. The minimum Gasteiger partial charge on any atom is -0.356 e. The first kappa shape index (κ1) is 24.6. The summed E-state index contributed by atoms with van der Waals surface area (Å²) in [7, 11) is 0. The lowest BCUT2D eigenvalue weighted by Gasteiger charge is -2.08. The van der Waals surface area contributed by atoms with Crippen molar-refractivity contribution < 1.29 is 0 Å². The largest absolute Gasteiger partial charge is 0.356 e. The Morgan fingerprint density at radius 2 is 1.24 bits per heavy atom. The topological polar surface area (TPSA) is 49.6 Å². The van der Waals surface area contributed by atoms with Crippen molar-refractivity contribution in [1.82, 2.24) is 4.98 Å². The number of aromatic nitrogens is 1. The molecule has 1 aromatic heterocycles. The van der Waals surface area contributed by atoms with Crippen LogP contribution in [0.1, 0.15) is 76.7 Å². The van der Waals surface area contributed by atoms with E-state index in [1.165, 1.54) is 76.2 Å². The molecule has 0 saturated heterocycles. The first-order valence-electron chi connectivity index (χ1n) is 12.6. The predicted octanol–water partition coefficient (Wildman–Crippen LogP) is 9.70. The van der Waals surface area contributed by atoms with Gasteiger partial charge < -0.3 is 5.32 Å². The Labute approximate surface area is 199 Å². The van der Waals surface area contributed by atoms with Gasteiger partial charge in [-0.3, -0.25) is 0 Å². The van der Waals surface area contributed by atoms with Crippen molar-refractivity contribution in [3.8, 4) is 0 Å². The van der Waals surface area contributed by atoms with Crippen LogP contribution in [0, 0.1) is 0 Å². The average molecular weight is 443 g/mol. The first-order valence-corrected chi connectivity index (χ1v) is 12.6. The number of hydrogen-bond donors (Lipinski definition) is 1. The highest BCUT2D eigenvalue weighted by Crippen LogP contribution is 2.22. The van der Waals surface area contributed by atoms with Crippen molar-refractivity contribution in [3.63, 3.8) is 0 Å². The quantitative estimate of drug-likeness (QED) is 0.188. The van der Waals surface area contributed by atoms with E-state index in [2.05, 4.69) is 51.7 Å². The van der Waals surface area contributed by atoms with Gasteiger partial charge in [0, 0.05) is 17.6 Å². The molecule has 0 aliphatic heterocycles. The lowest BCUT2D eigenvalue weighted by molar-refractivity contribution is 0.556. The number of aryl methyl sites for hydroxylation is 1. The van der Waals surface area contributed by atoms with E-state index >= 15 is 0 Å². The monoisotopic (exact) mass is 442 g/mol. The van der Waals surface area contributed by atoms with Crippen LogP contribution >= 0.6 is 0 Å². The van der Waals surface area contributed by atoms with Gasteiger partial charge in [0.25, 0.3) is 0 Å². The number of rotatable bonds is 15. The van der Waals surface area contributed by atoms with Gasteiger partial charge in [0.15, 0.2) is 5.82 Å². The molecule has 4 nitrogen and oxygen atoms in total. The number of benzene rings is 2. The maximum Gasteiger partial charge on any atom is 0.174 e. The van der Waals surface area contributed by atoms with Crippen molar-refractivity contribution in [2.75, 3.05) is 5.32 Å². The predicted molar refractivity (Wildman–Crippen MR) is 140 cm³/mol. The summed E-state index contributed by atoms with van der Waals surface area (Å²) in [5.74, 6) is 0.609. The van der Waals surface area contributed by atoms with Crippen molar-refractivity contribution in [2.45, 2.75) is 77.6 Å². The van der Waals surface area contributed by atoms with E-state index in [1.807, 2.05) is 42.5 Å². The van der Waals surface area contributed by atoms with E-state index in [9.17, 15) is 0 Å². The van der Waals surface area contributed by atoms with Crippen LogP contribution in [0.4, 0.5) is 22.9 Å². The number of anilines is 2. The summed E-state index contributed by atoms with van der Waals surface area (Å²) in [6.07, 6.45) is 16.7. The van der Waals surface area contributed by atoms with E-state index in [4.69, 9.17) is 0 Å². The van der Waals surface area contributed by atoms with Crippen LogP contribution in [-0.4, -0.2) is 4.98 Å². The summed E-state index contributed by atoms with van der Waals surface area (Å²) in [5, 5.41) is 11.8. The van der Waals surface area contributed by atoms with Gasteiger partial charge in [0.05, 0.1) is 5.69 Å². The Hall–Kier alpha value is -3.01. The normalized spacial score (nSPS) is 11.2. The van der Waals surface area contributed by atoms with Gasteiger partial charge in [-0.2, -0.15) is 0 Å². The molecular weight excluding hydrogens is 404 g/mol. The van der Waals surface area contributed by atoms with Crippen molar-refractivity contribution in [2.24, 2.45) is 10.2 Å². The van der Waals surface area contributed by atoms with E-state index in [1.54, 1.807) is 6.20 Å². The SMILES string of the molecule is CCCCCCCCCCCCc1ccc(Nc2ccc(N=Nc3ccccn3)cc2)cc1. The first-order chi connectivity index (χ1) is 16.3. The summed E-state index contributed by atoms with van der Waals surface area (Å²) in [5.41, 5.74) is 4.36. The smallest absolute Gasteiger partial charge is 0.174 e. The van der Waals surface area contributed by atoms with Crippen LogP contribution in [0.15, 0.2) is 83.2 Å². The highest BCUT2D eigenvalue weighted by atomic mass is 15.1. The van der Waals surface area contributed by atoms with Crippen LogP contribution < -0.4 is 5.32 Å². The molecule has 0 radical (unpaired) electrons. The van der Waals surface area contributed by atoms with Crippen molar-refractivity contribution >= 4 is 22.9 Å². The molecule has 3 rings (SSSR count). The molecule has 3 aromatic rings. The van der Waals surface area contributed by atoms with Crippen molar-refractivity contribution in [1.29, 1.82) is 0 Å². The Kier molecular flexibility index (Phi) is 11.2. The standard InChI is InChI=1S/C29H38N4/c1-2-3-4-5-6-7-8-9-10-11-14-25-16-18-26(19-17-25)31-27-20-22-28(23-21-27)32-33-29-15-12-13-24-30-29/h12-13,15-24,31H,2-11,14H2,1H3. The molecule has 4 heteroatoms. The fourth-order valence-electron chi connectivity index (χ4n) is 3.87. The van der Waals surface area contributed by atoms with Crippen LogP contribution in [-0.2, 0) is 6.42 Å². The molecule has 0 spiro atoms. The van der Waals surface area contributed by atoms with Gasteiger partial charge in [-0.05, 0) is 66.9 Å². The molecule has 174 valence electrons. The molecule has 0 amide bonds. The number of pyridine rings is 1. The number of nitrogens with zero attached hydrogens (tertiary/aromatic N) is 3. The molecule has 0 saturated carbocycles. The highest BCUT2D eigenvalue weighted by molar-refractivity contribution is 5.61. The van der Waals surface area contributed by atoms with Crippen molar-refractivity contribution in [3.05, 3.63) is 78.5 Å². The van der Waals surface area contributed by atoms with Crippen LogP contribution in [0.3, 0.4) is 0 Å². The van der Waals surface area contributed by atoms with Gasteiger partial charge in [-0.25, -0.2) is 4.98 Å². The molecule has 1 N–H and O–H groups in total. The van der Waals surface area contributed by atoms with E-state index in [0.29, 0.717) is 5.82 Å². The summed E-state index contributed by atoms with van der Waals surface area (Å²) < 4.78 is 0. The number of unbranched alkanes of at least 4 members (excludes halogenated alkanes) is 9. The van der Waals surface area contributed by atoms with Crippen LogP contribution in [0.2, 0.25) is 0 Å². The average Bonchev–Trinajstić information content (AvgIpc) is 2.86. The fraction of sp³-hybridized carbons (Fsp3) is 0.414. The molecule has 0 aliphatic rings. The number of hydrogen-bond acceptors (Lipinski definition) is 4. The zero-order valence-electron chi connectivity index (χ0n) is 20.0. The molecule has 0 atom stereocenters. The summed E-state index contributed by atoms with van der Waals surface area (Å²) in [6.45, 7) is 2.28. The van der Waals surface area contributed by atoms with Gasteiger partial charge in [0.2, 0.25) is 0 Å². The second-order valence-corrected chi connectivity index (χ2v) is 8.69.